The fourth-order valence-electron chi connectivity index (χ4n) is 2.97. The number of ether oxygens (including phenoxy) is 1. The molecule has 0 aromatic heterocycles. The van der Waals surface area contributed by atoms with Crippen molar-refractivity contribution < 1.29 is 4.74 Å². The van der Waals surface area contributed by atoms with E-state index >= 15 is 0 Å². The monoisotopic (exact) mass is 276 g/mol. The summed E-state index contributed by atoms with van der Waals surface area (Å²) in [7, 11) is 2.23. The van der Waals surface area contributed by atoms with Crippen LogP contribution in [0.25, 0.3) is 0 Å². The fourth-order valence-corrected chi connectivity index (χ4v) is 2.97. The van der Waals surface area contributed by atoms with Crippen molar-refractivity contribution >= 4 is 0 Å². The molecule has 0 amide bonds. The molecule has 0 unspecified atom stereocenters. The van der Waals surface area contributed by atoms with Gasteiger partial charge in [-0.15, -0.1) is 0 Å². The Morgan fingerprint density at radius 2 is 1.90 bits per heavy atom. The topological polar surface area (TPSA) is 38.5 Å². The molecule has 1 aliphatic carbocycles. The Labute approximate surface area is 123 Å². The van der Waals surface area contributed by atoms with Crippen molar-refractivity contribution in [2.75, 3.05) is 26.7 Å². The second kappa shape index (κ2) is 8.28. The lowest BCUT2D eigenvalue weighted by Crippen LogP contribution is -2.26. The SMILES string of the molecule is CN(CCCOc1ccc(CN)cc1)CC1CCCC1. The van der Waals surface area contributed by atoms with Gasteiger partial charge in [0.15, 0.2) is 0 Å². The van der Waals surface area contributed by atoms with Crippen LogP contribution in [0.1, 0.15) is 37.7 Å². The van der Waals surface area contributed by atoms with E-state index < -0.39 is 0 Å². The van der Waals surface area contributed by atoms with Gasteiger partial charge in [-0.1, -0.05) is 25.0 Å². The highest BCUT2D eigenvalue weighted by Crippen LogP contribution is 2.25. The summed E-state index contributed by atoms with van der Waals surface area (Å²) in [4.78, 5) is 2.46. The average molecular weight is 276 g/mol. The second-order valence-electron chi connectivity index (χ2n) is 5.96. The molecule has 1 saturated carbocycles. The highest BCUT2D eigenvalue weighted by Gasteiger charge is 2.16. The Hall–Kier alpha value is -1.06. The van der Waals surface area contributed by atoms with E-state index in [4.69, 9.17) is 10.5 Å². The molecule has 0 spiro atoms. The largest absolute Gasteiger partial charge is 0.494 e. The number of hydrogen-bond donors (Lipinski definition) is 1. The van der Waals surface area contributed by atoms with Crippen molar-refractivity contribution in [2.24, 2.45) is 11.7 Å². The highest BCUT2D eigenvalue weighted by atomic mass is 16.5. The van der Waals surface area contributed by atoms with Gasteiger partial charge in [0, 0.05) is 19.6 Å². The molecule has 3 nitrogen and oxygen atoms in total. The van der Waals surface area contributed by atoms with Gasteiger partial charge in [0.2, 0.25) is 0 Å². The third kappa shape index (κ3) is 5.14. The molecule has 112 valence electrons. The highest BCUT2D eigenvalue weighted by molar-refractivity contribution is 5.26. The van der Waals surface area contributed by atoms with Gasteiger partial charge in [-0.25, -0.2) is 0 Å². The van der Waals surface area contributed by atoms with E-state index in [1.54, 1.807) is 0 Å². The maximum atomic E-state index is 5.76. The smallest absolute Gasteiger partial charge is 0.119 e. The van der Waals surface area contributed by atoms with E-state index in [1.807, 2.05) is 24.3 Å². The van der Waals surface area contributed by atoms with E-state index in [1.165, 1.54) is 32.2 Å². The first-order valence-corrected chi connectivity index (χ1v) is 7.88. The van der Waals surface area contributed by atoms with Crippen LogP contribution in [0, 0.1) is 5.92 Å². The Morgan fingerprint density at radius 1 is 1.20 bits per heavy atom. The number of nitrogens with two attached hydrogens (primary N) is 1. The van der Waals surface area contributed by atoms with Crippen molar-refractivity contribution in [2.45, 2.75) is 38.6 Å². The van der Waals surface area contributed by atoms with Gasteiger partial charge in [0.25, 0.3) is 0 Å². The summed E-state index contributed by atoms with van der Waals surface area (Å²) >= 11 is 0. The van der Waals surface area contributed by atoms with Crippen LogP contribution in [-0.4, -0.2) is 31.6 Å². The number of hydrogen-bond acceptors (Lipinski definition) is 3. The van der Waals surface area contributed by atoms with E-state index in [0.717, 1.165) is 36.8 Å². The lowest BCUT2D eigenvalue weighted by Gasteiger charge is -2.20. The van der Waals surface area contributed by atoms with Gasteiger partial charge in [0.05, 0.1) is 6.61 Å². The standard InChI is InChI=1S/C17H28N2O/c1-19(14-16-5-2-3-6-16)11-4-12-20-17-9-7-15(13-18)8-10-17/h7-10,16H,2-6,11-14,18H2,1H3. The first-order chi connectivity index (χ1) is 9.78. The molecule has 0 atom stereocenters. The molecule has 1 aromatic rings. The Morgan fingerprint density at radius 3 is 2.55 bits per heavy atom. The van der Waals surface area contributed by atoms with Crippen LogP contribution in [0.4, 0.5) is 0 Å². The van der Waals surface area contributed by atoms with Gasteiger partial charge < -0.3 is 15.4 Å². The number of nitrogens with zero attached hydrogens (tertiary/aromatic N) is 1. The summed E-state index contributed by atoms with van der Waals surface area (Å²) in [6.07, 6.45) is 6.80. The molecule has 0 aliphatic heterocycles. The zero-order valence-electron chi connectivity index (χ0n) is 12.7. The minimum absolute atomic E-state index is 0.590. The summed E-state index contributed by atoms with van der Waals surface area (Å²) in [6, 6.07) is 8.07. The molecule has 3 heteroatoms. The van der Waals surface area contributed by atoms with E-state index in [9.17, 15) is 0 Å². The molecule has 1 aliphatic rings. The molecule has 20 heavy (non-hydrogen) atoms. The second-order valence-corrected chi connectivity index (χ2v) is 5.96. The Kier molecular flexibility index (Phi) is 6.34. The van der Waals surface area contributed by atoms with Crippen LogP contribution >= 0.6 is 0 Å². The van der Waals surface area contributed by atoms with Crippen LogP contribution in [0.3, 0.4) is 0 Å². The van der Waals surface area contributed by atoms with Crippen LogP contribution in [0.5, 0.6) is 5.75 Å². The van der Waals surface area contributed by atoms with E-state index in [2.05, 4.69) is 11.9 Å². The Balaban J connectivity index is 1.58. The molecule has 2 N–H and O–H groups in total. The molecule has 1 aromatic carbocycles. The molecule has 1 fully saturated rings. The molecular weight excluding hydrogens is 248 g/mol. The van der Waals surface area contributed by atoms with Crippen LogP contribution in [0.2, 0.25) is 0 Å². The molecule has 0 bridgehead atoms. The first kappa shape index (κ1) is 15.3. The summed E-state index contributed by atoms with van der Waals surface area (Å²) in [5.41, 5.74) is 6.72. The minimum atomic E-state index is 0.590. The van der Waals surface area contributed by atoms with Gasteiger partial charge in [-0.2, -0.15) is 0 Å². The number of rotatable bonds is 8. The molecular formula is C17H28N2O. The zero-order valence-corrected chi connectivity index (χ0v) is 12.7. The van der Waals surface area contributed by atoms with Crippen molar-refractivity contribution in [1.29, 1.82) is 0 Å². The molecule has 0 heterocycles. The van der Waals surface area contributed by atoms with E-state index in [-0.39, 0.29) is 0 Å². The zero-order chi connectivity index (χ0) is 14.2. The normalized spacial score (nSPS) is 15.9. The summed E-state index contributed by atoms with van der Waals surface area (Å²) in [6.45, 7) is 3.76. The average Bonchev–Trinajstić information content (AvgIpc) is 2.97. The Bertz CT molecular complexity index is 371. The van der Waals surface area contributed by atoms with Crippen molar-refractivity contribution in [1.82, 2.24) is 4.90 Å². The van der Waals surface area contributed by atoms with Crippen LogP contribution in [0.15, 0.2) is 24.3 Å². The third-order valence-electron chi connectivity index (χ3n) is 4.16. The predicted octanol–water partition coefficient (Wildman–Crippen LogP) is 3.04. The van der Waals surface area contributed by atoms with Gasteiger partial charge in [0.1, 0.15) is 5.75 Å². The predicted molar refractivity (Wildman–Crippen MR) is 83.9 cm³/mol. The van der Waals surface area contributed by atoms with Crippen molar-refractivity contribution in [3.05, 3.63) is 29.8 Å². The van der Waals surface area contributed by atoms with Crippen LogP contribution in [-0.2, 0) is 6.54 Å². The molecule has 0 radical (unpaired) electrons. The summed E-state index contributed by atoms with van der Waals surface area (Å²) in [5, 5.41) is 0. The maximum absolute atomic E-state index is 5.76. The minimum Gasteiger partial charge on any atom is -0.494 e. The van der Waals surface area contributed by atoms with E-state index in [0.29, 0.717) is 6.54 Å². The summed E-state index contributed by atoms with van der Waals surface area (Å²) < 4.78 is 5.76. The van der Waals surface area contributed by atoms with Crippen molar-refractivity contribution in [3.8, 4) is 5.75 Å². The number of benzene rings is 1. The fraction of sp³-hybridized carbons (Fsp3) is 0.647. The molecule has 0 saturated heterocycles. The summed E-state index contributed by atoms with van der Waals surface area (Å²) in [5.74, 6) is 1.88. The molecule has 2 rings (SSSR count). The van der Waals surface area contributed by atoms with Gasteiger partial charge in [-0.3, -0.25) is 0 Å². The lowest BCUT2D eigenvalue weighted by atomic mass is 10.1. The third-order valence-corrected chi connectivity index (χ3v) is 4.16. The first-order valence-electron chi connectivity index (χ1n) is 7.88. The van der Waals surface area contributed by atoms with Crippen LogP contribution < -0.4 is 10.5 Å². The lowest BCUT2D eigenvalue weighted by molar-refractivity contribution is 0.239. The van der Waals surface area contributed by atoms with Gasteiger partial charge in [-0.05, 0) is 49.9 Å². The quantitative estimate of drug-likeness (QED) is 0.742. The van der Waals surface area contributed by atoms with Gasteiger partial charge >= 0.3 is 0 Å². The van der Waals surface area contributed by atoms with Crippen molar-refractivity contribution in [3.63, 3.8) is 0 Å². The maximum Gasteiger partial charge on any atom is 0.119 e.